The Hall–Kier alpha value is -0.0800. The van der Waals surface area contributed by atoms with Crippen molar-refractivity contribution in [2.45, 2.75) is 60.4 Å². The minimum absolute atomic E-state index is 0.182. The highest BCUT2D eigenvalue weighted by molar-refractivity contribution is 4.81. The average molecular weight is 202 g/mol. The number of hydrogen-bond donors (Lipinski definition) is 1. The normalized spacial score (nSPS) is 12.4. The van der Waals surface area contributed by atoms with Gasteiger partial charge < -0.3 is 0 Å². The molecule has 0 saturated carbocycles. The van der Waals surface area contributed by atoms with Crippen LogP contribution in [0.2, 0.25) is 0 Å². The molecule has 0 saturated heterocycles. The predicted octanol–water partition coefficient (Wildman–Crippen LogP) is 3.29. The van der Waals surface area contributed by atoms with E-state index >= 15 is 0 Å². The van der Waals surface area contributed by atoms with Crippen LogP contribution in [0.4, 0.5) is 0 Å². The molecule has 0 aromatic rings. The lowest BCUT2D eigenvalue weighted by Gasteiger charge is -2.35. The van der Waals surface area contributed by atoms with Crippen molar-refractivity contribution in [3.8, 4) is 0 Å². The van der Waals surface area contributed by atoms with E-state index in [2.05, 4.69) is 40.0 Å². The topological polar surface area (TPSA) is 15.3 Å². The molecule has 0 rings (SSSR count). The standard InChI is InChI=1S/C10H24N2.C2H6/c1-9(2,3)8-10(4,5)11-12(6)7;1-2/h11H,8H2,1-7H3;1-2H3. The van der Waals surface area contributed by atoms with Gasteiger partial charge in [-0.15, -0.1) is 0 Å². The largest absolute Gasteiger partial charge is 0.250 e. The van der Waals surface area contributed by atoms with Crippen LogP contribution in [-0.4, -0.2) is 24.6 Å². The van der Waals surface area contributed by atoms with Gasteiger partial charge in [-0.25, -0.2) is 0 Å². The Kier molecular flexibility index (Phi) is 7.49. The molecular formula is C12H30N2. The number of rotatable bonds is 3. The van der Waals surface area contributed by atoms with Gasteiger partial charge in [0, 0.05) is 19.6 Å². The zero-order valence-corrected chi connectivity index (χ0v) is 11.7. The lowest BCUT2D eigenvalue weighted by molar-refractivity contribution is 0.139. The second-order valence-electron chi connectivity index (χ2n) is 5.63. The van der Waals surface area contributed by atoms with Crippen LogP contribution in [0.1, 0.15) is 54.9 Å². The van der Waals surface area contributed by atoms with Gasteiger partial charge in [-0.2, -0.15) is 0 Å². The van der Waals surface area contributed by atoms with Gasteiger partial charge in [0.15, 0.2) is 0 Å². The number of hydrazine groups is 1. The van der Waals surface area contributed by atoms with Gasteiger partial charge >= 0.3 is 0 Å². The summed E-state index contributed by atoms with van der Waals surface area (Å²) in [5, 5.41) is 2.02. The smallest absolute Gasteiger partial charge is 0.0274 e. The molecule has 0 unspecified atom stereocenters. The predicted molar refractivity (Wildman–Crippen MR) is 66.3 cm³/mol. The van der Waals surface area contributed by atoms with Crippen molar-refractivity contribution in [1.29, 1.82) is 0 Å². The Morgan fingerprint density at radius 3 is 1.50 bits per heavy atom. The lowest BCUT2D eigenvalue weighted by atomic mass is 9.82. The maximum Gasteiger partial charge on any atom is 0.0274 e. The van der Waals surface area contributed by atoms with Gasteiger partial charge in [0.1, 0.15) is 0 Å². The van der Waals surface area contributed by atoms with Crippen molar-refractivity contribution in [3.05, 3.63) is 0 Å². The quantitative estimate of drug-likeness (QED) is 0.706. The Bertz CT molecular complexity index is 132. The maximum atomic E-state index is 3.41. The molecule has 0 aliphatic carbocycles. The first-order chi connectivity index (χ1) is 6.12. The van der Waals surface area contributed by atoms with Crippen molar-refractivity contribution in [2.24, 2.45) is 5.41 Å². The molecule has 2 heteroatoms. The Morgan fingerprint density at radius 2 is 1.29 bits per heavy atom. The van der Waals surface area contributed by atoms with Crippen molar-refractivity contribution in [3.63, 3.8) is 0 Å². The summed E-state index contributed by atoms with van der Waals surface area (Å²) < 4.78 is 0. The third-order valence-electron chi connectivity index (χ3n) is 1.50. The van der Waals surface area contributed by atoms with Gasteiger partial charge in [-0.1, -0.05) is 34.6 Å². The number of nitrogens with one attached hydrogen (secondary N) is 1. The SMILES string of the molecule is CC.CN(C)NC(C)(C)CC(C)(C)C. The Labute approximate surface area is 91.0 Å². The van der Waals surface area contributed by atoms with Crippen LogP contribution in [0, 0.1) is 5.41 Å². The third-order valence-corrected chi connectivity index (χ3v) is 1.50. The summed E-state index contributed by atoms with van der Waals surface area (Å²) >= 11 is 0. The molecule has 0 atom stereocenters. The van der Waals surface area contributed by atoms with E-state index in [-0.39, 0.29) is 5.54 Å². The molecule has 0 spiro atoms. The zero-order valence-electron chi connectivity index (χ0n) is 11.7. The van der Waals surface area contributed by atoms with Crippen LogP contribution in [0.5, 0.6) is 0 Å². The van der Waals surface area contributed by atoms with Crippen molar-refractivity contribution < 1.29 is 0 Å². The highest BCUT2D eigenvalue weighted by atomic mass is 15.5. The molecule has 0 aromatic heterocycles. The van der Waals surface area contributed by atoms with E-state index in [4.69, 9.17) is 0 Å². The van der Waals surface area contributed by atoms with Gasteiger partial charge in [0.05, 0.1) is 0 Å². The molecule has 14 heavy (non-hydrogen) atoms. The summed E-state index contributed by atoms with van der Waals surface area (Å²) in [7, 11) is 4.06. The van der Waals surface area contributed by atoms with Crippen molar-refractivity contribution >= 4 is 0 Å². The van der Waals surface area contributed by atoms with Gasteiger partial charge in [0.2, 0.25) is 0 Å². The summed E-state index contributed by atoms with van der Waals surface area (Å²) in [5.74, 6) is 0. The lowest BCUT2D eigenvalue weighted by Crippen LogP contribution is -2.49. The van der Waals surface area contributed by atoms with Crippen molar-refractivity contribution in [1.82, 2.24) is 10.4 Å². The first-order valence-corrected chi connectivity index (χ1v) is 5.58. The number of hydrogen-bond acceptors (Lipinski definition) is 2. The zero-order chi connectivity index (χ0) is 12.0. The molecule has 0 aromatic carbocycles. The minimum Gasteiger partial charge on any atom is -0.250 e. The molecule has 0 heterocycles. The summed E-state index contributed by atoms with van der Waals surface area (Å²) in [4.78, 5) is 0. The molecule has 0 bridgehead atoms. The molecule has 0 radical (unpaired) electrons. The molecule has 2 nitrogen and oxygen atoms in total. The summed E-state index contributed by atoms with van der Waals surface area (Å²) in [6, 6.07) is 0. The second-order valence-corrected chi connectivity index (χ2v) is 5.63. The third kappa shape index (κ3) is 11.9. The first kappa shape index (κ1) is 16.4. The van der Waals surface area contributed by atoms with Crippen molar-refractivity contribution in [2.75, 3.05) is 14.1 Å². The fraction of sp³-hybridized carbons (Fsp3) is 1.00. The first-order valence-electron chi connectivity index (χ1n) is 5.58. The van der Waals surface area contributed by atoms with E-state index in [0.717, 1.165) is 6.42 Å². The number of nitrogens with zero attached hydrogens (tertiary/aromatic N) is 1. The van der Waals surface area contributed by atoms with Crippen LogP contribution in [-0.2, 0) is 0 Å². The van der Waals surface area contributed by atoms with Crippen LogP contribution < -0.4 is 5.43 Å². The van der Waals surface area contributed by atoms with E-state index in [1.165, 1.54) is 0 Å². The molecule has 0 aliphatic rings. The second kappa shape index (κ2) is 6.41. The maximum absolute atomic E-state index is 3.41. The molecule has 0 amide bonds. The monoisotopic (exact) mass is 202 g/mol. The fourth-order valence-corrected chi connectivity index (χ4v) is 1.97. The van der Waals surface area contributed by atoms with Crippen LogP contribution in [0.15, 0.2) is 0 Å². The summed E-state index contributed by atoms with van der Waals surface area (Å²) in [6.07, 6.45) is 1.16. The van der Waals surface area contributed by atoms with E-state index in [1.54, 1.807) is 0 Å². The van der Waals surface area contributed by atoms with Gasteiger partial charge in [-0.3, -0.25) is 10.4 Å². The Balaban J connectivity index is 0. The highest BCUT2D eigenvalue weighted by Gasteiger charge is 2.25. The van der Waals surface area contributed by atoms with E-state index < -0.39 is 0 Å². The highest BCUT2D eigenvalue weighted by Crippen LogP contribution is 2.26. The molecule has 88 valence electrons. The molecular weight excluding hydrogens is 172 g/mol. The van der Waals surface area contributed by atoms with Gasteiger partial charge in [0.25, 0.3) is 0 Å². The van der Waals surface area contributed by atoms with Gasteiger partial charge in [-0.05, 0) is 25.7 Å². The average Bonchev–Trinajstić information content (AvgIpc) is 1.82. The van der Waals surface area contributed by atoms with E-state index in [9.17, 15) is 0 Å². The summed E-state index contributed by atoms with van der Waals surface area (Å²) in [5.41, 5.74) is 3.97. The molecule has 1 N–H and O–H groups in total. The Morgan fingerprint density at radius 1 is 0.929 bits per heavy atom. The molecule has 0 fully saturated rings. The molecule has 0 aliphatic heterocycles. The van der Waals surface area contributed by atoms with Crippen LogP contribution in [0.3, 0.4) is 0 Å². The van der Waals surface area contributed by atoms with Crippen LogP contribution in [0.25, 0.3) is 0 Å². The van der Waals surface area contributed by atoms with Crippen LogP contribution >= 0.6 is 0 Å². The fourth-order valence-electron chi connectivity index (χ4n) is 1.97. The van der Waals surface area contributed by atoms with E-state index in [1.807, 2.05) is 33.0 Å². The van der Waals surface area contributed by atoms with E-state index in [0.29, 0.717) is 5.41 Å². The minimum atomic E-state index is 0.182. The summed E-state index contributed by atoms with van der Waals surface area (Å²) in [6.45, 7) is 15.3.